The molecule has 4 heteroatoms. The Morgan fingerprint density at radius 1 is 1.55 bits per heavy atom. The van der Waals surface area contributed by atoms with Crippen molar-refractivity contribution in [3.63, 3.8) is 0 Å². The molecule has 0 aliphatic carbocycles. The Labute approximate surface area is 66.8 Å². The molecule has 0 aliphatic rings. The Balaban J connectivity index is 3.65. The highest BCUT2D eigenvalue weighted by molar-refractivity contribution is 5.75. The van der Waals surface area contributed by atoms with Crippen molar-refractivity contribution in [2.24, 2.45) is 0 Å². The van der Waals surface area contributed by atoms with Crippen LogP contribution in [0.25, 0.3) is 0 Å². The summed E-state index contributed by atoms with van der Waals surface area (Å²) in [5.41, 5.74) is 2.60. The van der Waals surface area contributed by atoms with Crippen LogP contribution < -0.4 is 5.48 Å². The molecular formula is C7H15NO3. The third-order valence-electron chi connectivity index (χ3n) is 1.26. The first-order chi connectivity index (χ1) is 5.26. The molecule has 0 aromatic carbocycles. The number of hydroxylamine groups is 1. The fourth-order valence-corrected chi connectivity index (χ4v) is 0.624. The molecule has 0 amide bonds. The van der Waals surface area contributed by atoms with Crippen molar-refractivity contribution in [2.75, 3.05) is 13.7 Å². The van der Waals surface area contributed by atoms with Gasteiger partial charge in [-0.1, -0.05) is 6.92 Å². The fraction of sp³-hybridized carbons (Fsp3) is 0.857. The lowest BCUT2D eigenvalue weighted by atomic mass is 10.2. The maximum Gasteiger partial charge on any atom is 0.325 e. The molecule has 0 aromatic rings. The topological polar surface area (TPSA) is 47.6 Å². The highest BCUT2D eigenvalue weighted by Crippen LogP contribution is 1.93. The zero-order chi connectivity index (χ0) is 8.69. The third-order valence-corrected chi connectivity index (χ3v) is 1.26. The number of hydrogen-bond acceptors (Lipinski definition) is 4. The predicted molar refractivity (Wildman–Crippen MR) is 40.9 cm³/mol. The molecule has 0 bridgehead atoms. The molecule has 0 heterocycles. The Morgan fingerprint density at radius 2 is 2.18 bits per heavy atom. The van der Waals surface area contributed by atoms with Crippen LogP contribution in [0.3, 0.4) is 0 Å². The van der Waals surface area contributed by atoms with Gasteiger partial charge in [-0.05, 0) is 13.3 Å². The summed E-state index contributed by atoms with van der Waals surface area (Å²) in [7, 11) is 1.36. The van der Waals surface area contributed by atoms with Crippen molar-refractivity contribution in [3.05, 3.63) is 0 Å². The van der Waals surface area contributed by atoms with Crippen LogP contribution in [-0.2, 0) is 14.4 Å². The van der Waals surface area contributed by atoms with E-state index >= 15 is 0 Å². The summed E-state index contributed by atoms with van der Waals surface area (Å²) >= 11 is 0. The van der Waals surface area contributed by atoms with E-state index in [2.05, 4.69) is 10.2 Å². The first-order valence-electron chi connectivity index (χ1n) is 3.71. The van der Waals surface area contributed by atoms with Crippen LogP contribution in [0.4, 0.5) is 0 Å². The molecular weight excluding hydrogens is 146 g/mol. The molecule has 4 nitrogen and oxygen atoms in total. The van der Waals surface area contributed by atoms with Gasteiger partial charge in [0, 0.05) is 0 Å². The molecule has 0 radical (unpaired) electrons. The monoisotopic (exact) mass is 161 g/mol. The van der Waals surface area contributed by atoms with E-state index in [0.717, 1.165) is 0 Å². The fourth-order valence-electron chi connectivity index (χ4n) is 0.624. The lowest BCUT2D eigenvalue weighted by Crippen LogP contribution is -2.36. The Kier molecular flexibility index (Phi) is 5.78. The molecule has 0 fully saturated rings. The van der Waals surface area contributed by atoms with Crippen molar-refractivity contribution >= 4 is 5.97 Å². The van der Waals surface area contributed by atoms with Gasteiger partial charge in [0.1, 0.15) is 6.04 Å². The van der Waals surface area contributed by atoms with Gasteiger partial charge in [0.25, 0.3) is 0 Å². The molecule has 0 spiro atoms. The summed E-state index contributed by atoms with van der Waals surface area (Å²) in [5, 5.41) is 0. The van der Waals surface area contributed by atoms with Gasteiger partial charge in [0.2, 0.25) is 0 Å². The van der Waals surface area contributed by atoms with Gasteiger partial charge >= 0.3 is 5.97 Å². The van der Waals surface area contributed by atoms with Gasteiger partial charge in [-0.15, -0.1) is 0 Å². The second-order valence-corrected chi connectivity index (χ2v) is 2.03. The van der Waals surface area contributed by atoms with Gasteiger partial charge in [0.05, 0.1) is 13.7 Å². The van der Waals surface area contributed by atoms with E-state index in [1.807, 2.05) is 13.8 Å². The number of methoxy groups -OCH3 is 1. The van der Waals surface area contributed by atoms with Gasteiger partial charge < -0.3 is 9.57 Å². The zero-order valence-corrected chi connectivity index (χ0v) is 7.22. The van der Waals surface area contributed by atoms with Gasteiger partial charge in [0.15, 0.2) is 0 Å². The molecule has 0 saturated heterocycles. The maximum absolute atomic E-state index is 10.9. The summed E-state index contributed by atoms with van der Waals surface area (Å²) in [6.07, 6.45) is 0.659. The number of carbonyl (C=O) groups is 1. The SMILES string of the molecule is CCONC(CC)C(=O)OC. The Bertz CT molecular complexity index is 116. The normalized spacial score (nSPS) is 12.6. The third kappa shape index (κ3) is 3.95. The summed E-state index contributed by atoms with van der Waals surface area (Å²) < 4.78 is 4.52. The summed E-state index contributed by atoms with van der Waals surface area (Å²) in [5.74, 6) is -0.291. The minimum atomic E-state index is -0.347. The first kappa shape index (κ1) is 10.4. The molecule has 0 saturated carbocycles. The van der Waals surface area contributed by atoms with E-state index in [0.29, 0.717) is 13.0 Å². The molecule has 11 heavy (non-hydrogen) atoms. The van der Waals surface area contributed by atoms with Crippen molar-refractivity contribution < 1.29 is 14.4 Å². The maximum atomic E-state index is 10.9. The van der Waals surface area contributed by atoms with E-state index in [-0.39, 0.29) is 12.0 Å². The Morgan fingerprint density at radius 3 is 2.55 bits per heavy atom. The minimum Gasteiger partial charge on any atom is -0.468 e. The standard InChI is InChI=1S/C7H15NO3/c1-4-6(7(9)10-3)8-11-5-2/h6,8H,4-5H2,1-3H3. The molecule has 66 valence electrons. The zero-order valence-electron chi connectivity index (χ0n) is 7.22. The van der Waals surface area contributed by atoms with Crippen LogP contribution in [0.5, 0.6) is 0 Å². The second-order valence-electron chi connectivity index (χ2n) is 2.03. The van der Waals surface area contributed by atoms with Crippen LogP contribution in [0.1, 0.15) is 20.3 Å². The number of carbonyl (C=O) groups excluding carboxylic acids is 1. The van der Waals surface area contributed by atoms with Crippen molar-refractivity contribution in [2.45, 2.75) is 26.3 Å². The predicted octanol–water partition coefficient (Wildman–Crippen LogP) is 0.479. The van der Waals surface area contributed by atoms with Crippen LogP contribution in [-0.4, -0.2) is 25.7 Å². The summed E-state index contributed by atoms with van der Waals surface area (Å²) in [6.45, 7) is 4.26. The van der Waals surface area contributed by atoms with Crippen LogP contribution in [0, 0.1) is 0 Å². The number of rotatable bonds is 5. The molecule has 0 aromatic heterocycles. The van der Waals surface area contributed by atoms with Crippen molar-refractivity contribution in [1.82, 2.24) is 5.48 Å². The molecule has 1 N–H and O–H groups in total. The molecule has 1 unspecified atom stereocenters. The molecule has 0 rings (SSSR count). The summed E-state index contributed by atoms with van der Waals surface area (Å²) in [4.78, 5) is 15.7. The highest BCUT2D eigenvalue weighted by atomic mass is 16.6. The number of hydrogen-bond donors (Lipinski definition) is 1. The smallest absolute Gasteiger partial charge is 0.325 e. The second kappa shape index (κ2) is 6.12. The van der Waals surface area contributed by atoms with Crippen LogP contribution in [0.15, 0.2) is 0 Å². The van der Waals surface area contributed by atoms with E-state index in [9.17, 15) is 4.79 Å². The van der Waals surface area contributed by atoms with Crippen molar-refractivity contribution in [1.29, 1.82) is 0 Å². The lowest BCUT2D eigenvalue weighted by molar-refractivity contribution is -0.147. The van der Waals surface area contributed by atoms with Gasteiger partial charge in [-0.2, -0.15) is 5.48 Å². The number of nitrogens with one attached hydrogen (secondary N) is 1. The highest BCUT2D eigenvalue weighted by Gasteiger charge is 2.15. The largest absolute Gasteiger partial charge is 0.468 e. The van der Waals surface area contributed by atoms with Gasteiger partial charge in [-0.3, -0.25) is 4.79 Å². The number of ether oxygens (including phenoxy) is 1. The quantitative estimate of drug-likeness (QED) is 0.470. The Hall–Kier alpha value is -0.610. The summed E-state index contributed by atoms with van der Waals surface area (Å²) in [6, 6.07) is -0.347. The molecule has 1 atom stereocenters. The first-order valence-corrected chi connectivity index (χ1v) is 3.71. The number of esters is 1. The van der Waals surface area contributed by atoms with Crippen molar-refractivity contribution in [3.8, 4) is 0 Å². The minimum absolute atomic E-state index is 0.291. The lowest BCUT2D eigenvalue weighted by Gasteiger charge is -2.12. The average molecular weight is 161 g/mol. The van der Waals surface area contributed by atoms with E-state index < -0.39 is 0 Å². The van der Waals surface area contributed by atoms with Crippen LogP contribution >= 0.6 is 0 Å². The van der Waals surface area contributed by atoms with E-state index in [1.54, 1.807) is 0 Å². The van der Waals surface area contributed by atoms with E-state index in [4.69, 9.17) is 4.84 Å². The molecule has 0 aliphatic heterocycles. The van der Waals surface area contributed by atoms with E-state index in [1.165, 1.54) is 7.11 Å². The average Bonchev–Trinajstić information content (AvgIpc) is 2.05. The van der Waals surface area contributed by atoms with Gasteiger partial charge in [-0.25, -0.2) is 0 Å². The van der Waals surface area contributed by atoms with Crippen LogP contribution in [0.2, 0.25) is 0 Å².